The molecule has 10 heteroatoms. The van der Waals surface area contributed by atoms with Crippen molar-refractivity contribution in [2.75, 3.05) is 29.1 Å². The molecule has 2 aromatic carbocycles. The van der Waals surface area contributed by atoms with Gasteiger partial charge in [0.15, 0.2) is 5.82 Å². The van der Waals surface area contributed by atoms with Crippen LogP contribution in [0.1, 0.15) is 11.1 Å². The van der Waals surface area contributed by atoms with E-state index in [1.807, 2.05) is 30.3 Å². The van der Waals surface area contributed by atoms with Crippen molar-refractivity contribution >= 4 is 41.1 Å². The second-order valence-electron chi connectivity index (χ2n) is 8.25. The van der Waals surface area contributed by atoms with Crippen molar-refractivity contribution in [2.45, 2.75) is 13.1 Å². The third kappa shape index (κ3) is 5.81. The molecule has 2 aromatic heterocycles. The van der Waals surface area contributed by atoms with Crippen molar-refractivity contribution in [2.24, 2.45) is 0 Å². The molecule has 2 N–H and O–H groups in total. The van der Waals surface area contributed by atoms with Crippen LogP contribution in [0.25, 0.3) is 0 Å². The van der Waals surface area contributed by atoms with E-state index in [4.69, 9.17) is 17.3 Å². The zero-order valence-corrected chi connectivity index (χ0v) is 20.4. The van der Waals surface area contributed by atoms with Crippen LogP contribution in [-0.2, 0) is 22.7 Å². The Balaban J connectivity index is 1.43. The molecule has 184 valence electrons. The number of halogens is 1. The SMILES string of the molecule is CN(C(=O)CN(C=O)c1cn(Cc2ccc(Cn3ccccc3=O)cc2)nc1N)c1cccc(Cl)c1. The number of nitrogens with zero attached hydrogens (tertiary/aromatic N) is 5. The Morgan fingerprint density at radius 2 is 1.78 bits per heavy atom. The fourth-order valence-electron chi connectivity index (χ4n) is 3.71. The molecule has 0 bridgehead atoms. The number of carbonyl (C=O) groups excluding carboxylic acids is 2. The highest BCUT2D eigenvalue weighted by atomic mass is 35.5. The smallest absolute Gasteiger partial charge is 0.250 e. The molecule has 0 spiro atoms. The molecule has 9 nitrogen and oxygen atoms in total. The maximum absolute atomic E-state index is 12.8. The number of hydrogen-bond donors (Lipinski definition) is 1. The molecule has 36 heavy (non-hydrogen) atoms. The van der Waals surface area contributed by atoms with Crippen molar-refractivity contribution in [1.29, 1.82) is 0 Å². The van der Waals surface area contributed by atoms with Gasteiger partial charge in [-0.1, -0.05) is 48.0 Å². The summed E-state index contributed by atoms with van der Waals surface area (Å²) < 4.78 is 3.25. The lowest BCUT2D eigenvalue weighted by Crippen LogP contribution is -2.38. The number of rotatable bonds is 9. The molecule has 0 unspecified atom stereocenters. The number of anilines is 3. The van der Waals surface area contributed by atoms with E-state index in [2.05, 4.69) is 5.10 Å². The number of amides is 2. The monoisotopic (exact) mass is 504 g/mol. The van der Waals surface area contributed by atoms with Gasteiger partial charge in [0.05, 0.1) is 19.3 Å². The first-order valence-corrected chi connectivity index (χ1v) is 11.5. The van der Waals surface area contributed by atoms with Crippen LogP contribution in [0.4, 0.5) is 17.2 Å². The lowest BCUT2D eigenvalue weighted by atomic mass is 10.1. The third-order valence-electron chi connectivity index (χ3n) is 5.70. The van der Waals surface area contributed by atoms with E-state index in [9.17, 15) is 14.4 Å². The van der Waals surface area contributed by atoms with Gasteiger partial charge in [-0.05, 0) is 35.4 Å². The number of hydrogen-bond acceptors (Lipinski definition) is 5. The van der Waals surface area contributed by atoms with E-state index in [0.717, 1.165) is 11.1 Å². The van der Waals surface area contributed by atoms with E-state index < -0.39 is 0 Å². The first-order valence-electron chi connectivity index (χ1n) is 11.1. The van der Waals surface area contributed by atoms with Gasteiger partial charge in [-0.2, -0.15) is 5.10 Å². The van der Waals surface area contributed by atoms with Crippen molar-refractivity contribution < 1.29 is 9.59 Å². The maximum atomic E-state index is 12.8. The summed E-state index contributed by atoms with van der Waals surface area (Å²) in [6.45, 7) is 0.680. The van der Waals surface area contributed by atoms with Crippen LogP contribution in [0.5, 0.6) is 0 Å². The summed E-state index contributed by atoms with van der Waals surface area (Å²) in [4.78, 5) is 39.2. The van der Waals surface area contributed by atoms with Crippen molar-refractivity contribution in [3.05, 3.63) is 106 Å². The summed E-state index contributed by atoms with van der Waals surface area (Å²) in [6, 6.07) is 19.7. The van der Waals surface area contributed by atoms with Gasteiger partial charge in [0, 0.05) is 30.0 Å². The molecule has 0 radical (unpaired) electrons. The number of nitrogen functional groups attached to an aromatic ring is 1. The number of nitrogens with two attached hydrogens (primary N) is 1. The van der Waals surface area contributed by atoms with E-state index in [1.54, 1.807) is 59.0 Å². The summed E-state index contributed by atoms with van der Waals surface area (Å²) in [7, 11) is 1.61. The zero-order valence-electron chi connectivity index (χ0n) is 19.6. The molecule has 2 amide bonds. The summed E-state index contributed by atoms with van der Waals surface area (Å²) in [5.74, 6) is -0.176. The Morgan fingerprint density at radius 3 is 2.44 bits per heavy atom. The molecule has 0 atom stereocenters. The van der Waals surface area contributed by atoms with Crippen LogP contribution in [0.3, 0.4) is 0 Å². The van der Waals surface area contributed by atoms with Crippen LogP contribution < -0.4 is 21.1 Å². The predicted molar refractivity (Wildman–Crippen MR) is 140 cm³/mol. The Hall–Kier alpha value is -4.37. The van der Waals surface area contributed by atoms with Crippen LogP contribution in [0.2, 0.25) is 5.02 Å². The number of benzene rings is 2. The Labute approximate surface area is 212 Å². The largest absolute Gasteiger partial charge is 0.380 e. The second-order valence-corrected chi connectivity index (χ2v) is 8.68. The number of likely N-dealkylation sites (N-methyl/N-ethyl adjacent to an activating group) is 1. The molecular formula is C26H25ClN6O3. The molecule has 2 heterocycles. The summed E-state index contributed by atoms with van der Waals surface area (Å²) >= 11 is 6.02. The lowest BCUT2D eigenvalue weighted by molar-refractivity contribution is -0.118. The summed E-state index contributed by atoms with van der Waals surface area (Å²) in [5.41, 5.74) is 8.92. The summed E-state index contributed by atoms with van der Waals surface area (Å²) in [5, 5.41) is 4.81. The lowest BCUT2D eigenvalue weighted by Gasteiger charge is -2.21. The minimum atomic E-state index is -0.315. The van der Waals surface area contributed by atoms with Crippen LogP contribution in [0, 0.1) is 0 Å². The number of aromatic nitrogens is 3. The average Bonchev–Trinajstić information content (AvgIpc) is 3.24. The molecule has 0 saturated carbocycles. The van der Waals surface area contributed by atoms with Gasteiger partial charge in [0.25, 0.3) is 5.56 Å². The number of carbonyl (C=O) groups is 2. The van der Waals surface area contributed by atoms with E-state index in [1.165, 1.54) is 15.9 Å². The van der Waals surface area contributed by atoms with E-state index >= 15 is 0 Å². The summed E-state index contributed by atoms with van der Waals surface area (Å²) in [6.07, 6.45) is 3.94. The zero-order chi connectivity index (χ0) is 25.7. The minimum absolute atomic E-state index is 0.0573. The quantitative estimate of drug-likeness (QED) is 0.353. The number of pyridine rings is 1. The highest BCUT2D eigenvalue weighted by Crippen LogP contribution is 2.23. The average molecular weight is 505 g/mol. The topological polar surface area (TPSA) is 106 Å². The van der Waals surface area contributed by atoms with Gasteiger partial charge >= 0.3 is 0 Å². The van der Waals surface area contributed by atoms with Gasteiger partial charge in [-0.25, -0.2) is 0 Å². The highest BCUT2D eigenvalue weighted by molar-refractivity contribution is 6.30. The Morgan fingerprint density at radius 1 is 1.06 bits per heavy atom. The molecule has 0 saturated heterocycles. The fraction of sp³-hybridized carbons (Fsp3) is 0.154. The normalized spacial score (nSPS) is 10.7. The molecule has 4 rings (SSSR count). The Kier molecular flexibility index (Phi) is 7.50. The molecule has 0 aliphatic carbocycles. The first-order chi connectivity index (χ1) is 17.3. The van der Waals surface area contributed by atoms with E-state index in [0.29, 0.717) is 35.9 Å². The second kappa shape index (κ2) is 10.9. The highest BCUT2D eigenvalue weighted by Gasteiger charge is 2.20. The van der Waals surface area contributed by atoms with Gasteiger partial charge in [0.2, 0.25) is 12.3 Å². The van der Waals surface area contributed by atoms with Gasteiger partial charge in [-0.3, -0.25) is 19.1 Å². The standard InChI is InChI=1S/C26H25ClN6O3/c1-30(22-6-4-5-21(27)13-22)25(36)17-32(18-34)23-16-33(29-26(23)28)15-20-10-8-19(9-11-20)14-31-12-3-2-7-24(31)35/h2-13,16,18H,14-15,17H2,1H3,(H2,28,29). The van der Waals surface area contributed by atoms with Crippen LogP contribution in [0.15, 0.2) is 83.9 Å². The molecule has 4 aromatic rings. The molecular weight excluding hydrogens is 480 g/mol. The third-order valence-corrected chi connectivity index (χ3v) is 5.94. The van der Waals surface area contributed by atoms with E-state index in [-0.39, 0.29) is 23.8 Å². The van der Waals surface area contributed by atoms with Crippen molar-refractivity contribution in [3.8, 4) is 0 Å². The van der Waals surface area contributed by atoms with Crippen LogP contribution in [-0.4, -0.2) is 40.3 Å². The minimum Gasteiger partial charge on any atom is -0.380 e. The molecule has 0 aliphatic heterocycles. The van der Waals surface area contributed by atoms with Gasteiger partial charge < -0.3 is 20.1 Å². The van der Waals surface area contributed by atoms with Crippen LogP contribution >= 0.6 is 11.6 Å². The van der Waals surface area contributed by atoms with Crippen molar-refractivity contribution in [3.63, 3.8) is 0 Å². The molecule has 0 aliphatic rings. The fourth-order valence-corrected chi connectivity index (χ4v) is 3.90. The maximum Gasteiger partial charge on any atom is 0.250 e. The molecule has 0 fully saturated rings. The Bertz CT molecular complexity index is 1430. The predicted octanol–water partition coefficient (Wildman–Crippen LogP) is 3.00. The van der Waals surface area contributed by atoms with Crippen molar-refractivity contribution in [1.82, 2.24) is 14.3 Å². The van der Waals surface area contributed by atoms with Gasteiger partial charge in [-0.15, -0.1) is 0 Å². The first kappa shape index (κ1) is 24.7. The van der Waals surface area contributed by atoms with Gasteiger partial charge in [0.1, 0.15) is 12.2 Å².